The maximum Gasteiger partial charge on any atom is 0.159 e. The zero-order valence-electron chi connectivity index (χ0n) is 5.95. The van der Waals surface area contributed by atoms with Gasteiger partial charge in [0.25, 0.3) is 0 Å². The van der Waals surface area contributed by atoms with E-state index in [1.54, 1.807) is 13.1 Å². The predicted molar refractivity (Wildman–Crippen MR) is 44.7 cm³/mol. The first-order valence-corrected chi connectivity index (χ1v) is 3.84. The van der Waals surface area contributed by atoms with Gasteiger partial charge in [0.2, 0.25) is 0 Å². The average Bonchev–Trinajstić information content (AvgIpc) is 2.31. The van der Waals surface area contributed by atoms with Crippen LogP contribution in [0.4, 0.5) is 5.82 Å². The van der Waals surface area contributed by atoms with Gasteiger partial charge in [0, 0.05) is 6.20 Å². The highest BCUT2D eigenvalue weighted by atomic mass is 79.9. The third-order valence-corrected chi connectivity index (χ3v) is 1.91. The van der Waals surface area contributed by atoms with Gasteiger partial charge in [-0.25, -0.2) is 0 Å². The molecule has 0 saturated carbocycles. The van der Waals surface area contributed by atoms with Crippen molar-refractivity contribution in [2.45, 2.75) is 13.0 Å². The second-order valence-corrected chi connectivity index (χ2v) is 3.00. The number of nitrogens with two attached hydrogens (primary N) is 1. The van der Waals surface area contributed by atoms with E-state index in [-0.39, 0.29) is 6.04 Å². The molecule has 1 atom stereocenters. The molecule has 1 aromatic heterocycles. The second kappa shape index (κ2) is 2.93. The van der Waals surface area contributed by atoms with Crippen molar-refractivity contribution in [3.8, 4) is 6.07 Å². The first-order chi connectivity index (χ1) is 5.15. The molecule has 58 valence electrons. The van der Waals surface area contributed by atoms with E-state index in [1.807, 2.05) is 6.07 Å². The molecule has 0 amide bonds. The van der Waals surface area contributed by atoms with Crippen LogP contribution < -0.4 is 5.73 Å². The molecule has 0 saturated heterocycles. The first-order valence-electron chi connectivity index (χ1n) is 3.05. The molecule has 0 aliphatic rings. The maximum atomic E-state index is 8.52. The Morgan fingerprint density at radius 3 is 2.91 bits per heavy atom. The molecule has 0 bridgehead atoms. The summed E-state index contributed by atoms with van der Waals surface area (Å²) in [6.45, 7) is 1.75. The summed E-state index contributed by atoms with van der Waals surface area (Å²) in [7, 11) is 0. The SMILES string of the molecule is CC(C#N)n1cc(Br)c(N)n1. The lowest BCUT2D eigenvalue weighted by atomic mass is 10.4. The summed E-state index contributed by atoms with van der Waals surface area (Å²) in [5, 5.41) is 12.4. The van der Waals surface area contributed by atoms with E-state index in [0.29, 0.717) is 5.82 Å². The lowest BCUT2D eigenvalue weighted by molar-refractivity contribution is 0.593. The number of anilines is 1. The van der Waals surface area contributed by atoms with Crippen LogP contribution in [0.2, 0.25) is 0 Å². The van der Waals surface area contributed by atoms with Gasteiger partial charge in [-0.2, -0.15) is 10.4 Å². The van der Waals surface area contributed by atoms with Crippen LogP contribution in [0.1, 0.15) is 13.0 Å². The van der Waals surface area contributed by atoms with Gasteiger partial charge < -0.3 is 5.73 Å². The van der Waals surface area contributed by atoms with E-state index in [4.69, 9.17) is 11.0 Å². The normalized spacial score (nSPS) is 12.5. The van der Waals surface area contributed by atoms with Crippen LogP contribution in [0.3, 0.4) is 0 Å². The van der Waals surface area contributed by atoms with E-state index < -0.39 is 0 Å². The fraction of sp³-hybridized carbons (Fsp3) is 0.333. The number of nitriles is 1. The van der Waals surface area contributed by atoms with Gasteiger partial charge >= 0.3 is 0 Å². The molecule has 11 heavy (non-hydrogen) atoms. The van der Waals surface area contributed by atoms with Crippen LogP contribution in [0.25, 0.3) is 0 Å². The highest BCUT2D eigenvalue weighted by Crippen LogP contribution is 2.18. The van der Waals surface area contributed by atoms with Gasteiger partial charge in [0.1, 0.15) is 6.04 Å². The fourth-order valence-corrected chi connectivity index (χ4v) is 0.930. The molecule has 0 aliphatic carbocycles. The van der Waals surface area contributed by atoms with E-state index in [1.165, 1.54) is 4.68 Å². The Morgan fingerprint density at radius 1 is 1.91 bits per heavy atom. The van der Waals surface area contributed by atoms with Crippen molar-refractivity contribution in [2.75, 3.05) is 5.73 Å². The van der Waals surface area contributed by atoms with Crippen molar-refractivity contribution < 1.29 is 0 Å². The second-order valence-electron chi connectivity index (χ2n) is 2.15. The summed E-state index contributed by atoms with van der Waals surface area (Å²) in [4.78, 5) is 0. The van der Waals surface area contributed by atoms with Crippen molar-refractivity contribution in [1.29, 1.82) is 5.26 Å². The molecule has 0 radical (unpaired) electrons. The van der Waals surface area contributed by atoms with Crippen LogP contribution >= 0.6 is 15.9 Å². The highest BCUT2D eigenvalue weighted by molar-refractivity contribution is 9.10. The van der Waals surface area contributed by atoms with Gasteiger partial charge in [-0.05, 0) is 22.9 Å². The molecule has 1 rings (SSSR count). The Kier molecular flexibility index (Phi) is 2.15. The number of nitrogens with zero attached hydrogens (tertiary/aromatic N) is 3. The molecule has 2 N–H and O–H groups in total. The minimum absolute atomic E-state index is 0.274. The number of nitrogen functional groups attached to an aromatic ring is 1. The van der Waals surface area contributed by atoms with Gasteiger partial charge in [0.05, 0.1) is 10.5 Å². The van der Waals surface area contributed by atoms with E-state index in [2.05, 4.69) is 21.0 Å². The molecule has 1 heterocycles. The standard InChI is InChI=1S/C6H7BrN4/c1-4(2-8)11-3-5(7)6(9)10-11/h3-4H,1H3,(H2,9,10). The lowest BCUT2D eigenvalue weighted by Crippen LogP contribution is -2.03. The van der Waals surface area contributed by atoms with Crippen LogP contribution in [-0.2, 0) is 0 Å². The van der Waals surface area contributed by atoms with E-state index >= 15 is 0 Å². The number of hydrogen-bond acceptors (Lipinski definition) is 3. The first kappa shape index (κ1) is 8.08. The molecular formula is C6H7BrN4. The average molecular weight is 215 g/mol. The van der Waals surface area contributed by atoms with Crippen LogP contribution in [0.5, 0.6) is 0 Å². The summed E-state index contributed by atoms with van der Waals surface area (Å²) >= 11 is 3.20. The Bertz CT molecular complexity index is 279. The lowest BCUT2D eigenvalue weighted by Gasteiger charge is -1.99. The Morgan fingerprint density at radius 2 is 2.55 bits per heavy atom. The third kappa shape index (κ3) is 1.52. The summed E-state index contributed by atoms with van der Waals surface area (Å²) in [6.07, 6.45) is 1.68. The van der Waals surface area contributed by atoms with Crippen molar-refractivity contribution in [3.63, 3.8) is 0 Å². The summed E-state index contributed by atoms with van der Waals surface area (Å²) in [6, 6.07) is 1.77. The molecule has 0 fully saturated rings. The summed E-state index contributed by atoms with van der Waals surface area (Å²) in [5.74, 6) is 0.409. The molecule has 1 aromatic rings. The minimum Gasteiger partial charge on any atom is -0.381 e. The minimum atomic E-state index is -0.274. The number of hydrogen-bond donors (Lipinski definition) is 1. The molecule has 1 unspecified atom stereocenters. The Hall–Kier alpha value is -1.02. The largest absolute Gasteiger partial charge is 0.381 e. The smallest absolute Gasteiger partial charge is 0.159 e. The zero-order valence-corrected chi connectivity index (χ0v) is 7.54. The highest BCUT2D eigenvalue weighted by Gasteiger charge is 2.06. The van der Waals surface area contributed by atoms with Crippen molar-refractivity contribution in [2.24, 2.45) is 0 Å². The molecule has 0 spiro atoms. The summed E-state index contributed by atoms with van der Waals surface area (Å²) < 4.78 is 2.24. The summed E-state index contributed by atoms with van der Waals surface area (Å²) in [5.41, 5.74) is 5.44. The van der Waals surface area contributed by atoms with E-state index in [0.717, 1.165) is 4.47 Å². The van der Waals surface area contributed by atoms with Crippen molar-refractivity contribution >= 4 is 21.7 Å². The molecule has 5 heteroatoms. The molecule has 0 aliphatic heterocycles. The number of rotatable bonds is 1. The Labute approximate surface area is 72.7 Å². The van der Waals surface area contributed by atoms with Gasteiger partial charge in [-0.3, -0.25) is 4.68 Å². The predicted octanol–water partition coefficient (Wildman–Crippen LogP) is 1.31. The molecular weight excluding hydrogens is 208 g/mol. The van der Waals surface area contributed by atoms with Gasteiger partial charge in [-0.1, -0.05) is 0 Å². The zero-order chi connectivity index (χ0) is 8.43. The number of halogens is 1. The number of aromatic nitrogens is 2. The molecule has 0 aromatic carbocycles. The Balaban J connectivity index is 2.99. The van der Waals surface area contributed by atoms with Crippen LogP contribution in [0.15, 0.2) is 10.7 Å². The van der Waals surface area contributed by atoms with E-state index in [9.17, 15) is 0 Å². The van der Waals surface area contributed by atoms with Gasteiger partial charge in [-0.15, -0.1) is 0 Å². The third-order valence-electron chi connectivity index (χ3n) is 1.30. The molecule has 4 nitrogen and oxygen atoms in total. The maximum absolute atomic E-state index is 8.52. The monoisotopic (exact) mass is 214 g/mol. The van der Waals surface area contributed by atoms with Crippen LogP contribution in [0, 0.1) is 11.3 Å². The quantitative estimate of drug-likeness (QED) is 0.767. The topological polar surface area (TPSA) is 67.6 Å². The van der Waals surface area contributed by atoms with Gasteiger partial charge in [0.15, 0.2) is 5.82 Å². The fourth-order valence-electron chi connectivity index (χ4n) is 0.641. The van der Waals surface area contributed by atoms with Crippen molar-refractivity contribution in [3.05, 3.63) is 10.7 Å². The van der Waals surface area contributed by atoms with Crippen LogP contribution in [-0.4, -0.2) is 9.78 Å². The van der Waals surface area contributed by atoms with Crippen molar-refractivity contribution in [1.82, 2.24) is 9.78 Å².